The molecule has 0 atom stereocenters. The van der Waals surface area contributed by atoms with Crippen LogP contribution in [0, 0.1) is 27.7 Å². The van der Waals surface area contributed by atoms with E-state index < -0.39 is 24.0 Å². The first-order valence-electron chi connectivity index (χ1n) is 9.00. The van der Waals surface area contributed by atoms with Crippen LogP contribution in [0.4, 0.5) is 0 Å². The van der Waals surface area contributed by atoms with Gasteiger partial charge in [0.1, 0.15) is 0 Å². The molecule has 1 fully saturated rings. The summed E-state index contributed by atoms with van der Waals surface area (Å²) in [6.45, 7) is 12.3. The number of aromatic amines is 2. The van der Waals surface area contributed by atoms with Crippen molar-refractivity contribution < 1.29 is 10.2 Å². The average Bonchev–Trinajstić information content (AvgIpc) is 2.96. The molecule has 1 aliphatic carbocycles. The van der Waals surface area contributed by atoms with Crippen molar-refractivity contribution in [3.8, 4) is 0 Å². The fraction of sp³-hybridized carbons (Fsp3) is 0.600. The van der Waals surface area contributed by atoms with E-state index in [2.05, 4.69) is 23.8 Å². The number of hydrogen-bond acceptors (Lipinski definition) is 2. The normalized spacial score (nSPS) is 26.7. The second-order valence-electron chi connectivity index (χ2n) is 7.22. The molecule has 3 rings (SSSR count). The van der Waals surface area contributed by atoms with E-state index in [9.17, 15) is 10.2 Å². The SMILES string of the molecule is CCc1c(C)[nH]c(C2C([O-])C(c3[nH]c(C)c(CC)c3C)C2[O-])c1C. The van der Waals surface area contributed by atoms with E-state index in [0.717, 1.165) is 46.7 Å². The van der Waals surface area contributed by atoms with Crippen LogP contribution in [0.15, 0.2) is 0 Å². The highest BCUT2D eigenvalue weighted by atomic mass is 16.3. The maximum absolute atomic E-state index is 12.9. The van der Waals surface area contributed by atoms with E-state index >= 15 is 0 Å². The van der Waals surface area contributed by atoms with Gasteiger partial charge in [0, 0.05) is 22.8 Å². The van der Waals surface area contributed by atoms with Crippen LogP contribution in [0.1, 0.15) is 70.7 Å². The lowest BCUT2D eigenvalue weighted by atomic mass is 9.65. The lowest BCUT2D eigenvalue weighted by Gasteiger charge is -2.61. The topological polar surface area (TPSA) is 77.7 Å². The molecule has 2 heterocycles. The lowest BCUT2D eigenvalue weighted by Crippen LogP contribution is -2.64. The molecule has 2 aromatic rings. The number of rotatable bonds is 4. The number of aromatic nitrogens is 2. The molecule has 4 heteroatoms. The van der Waals surface area contributed by atoms with Gasteiger partial charge in [-0.1, -0.05) is 13.8 Å². The van der Waals surface area contributed by atoms with Crippen LogP contribution in [0.3, 0.4) is 0 Å². The number of hydrogen-bond donors (Lipinski definition) is 2. The van der Waals surface area contributed by atoms with Gasteiger partial charge in [-0.2, -0.15) is 0 Å². The summed E-state index contributed by atoms with van der Waals surface area (Å²) in [5, 5.41) is 25.9. The van der Waals surface area contributed by atoms with E-state index in [0.29, 0.717) is 0 Å². The molecule has 0 aliphatic heterocycles. The summed E-state index contributed by atoms with van der Waals surface area (Å²) in [6, 6.07) is 0. The van der Waals surface area contributed by atoms with E-state index in [1.165, 1.54) is 11.1 Å². The predicted molar refractivity (Wildman–Crippen MR) is 92.3 cm³/mol. The number of nitrogens with one attached hydrogen (secondary N) is 2. The van der Waals surface area contributed by atoms with Gasteiger partial charge < -0.3 is 20.2 Å². The van der Waals surface area contributed by atoms with Crippen LogP contribution in [0.25, 0.3) is 0 Å². The van der Waals surface area contributed by atoms with Crippen molar-refractivity contribution in [1.82, 2.24) is 9.97 Å². The standard InChI is InChI=1S/C20H28N2O2/c1-7-13-9(3)17(21-11(13)5)15-19(23)16(20(15)24)18-10(4)14(8-2)12(6)22-18/h15-16,19-22H,7-8H2,1-6H3/q-2. The van der Waals surface area contributed by atoms with Crippen LogP contribution in [0.5, 0.6) is 0 Å². The molecule has 0 spiro atoms. The maximum atomic E-state index is 12.9. The minimum atomic E-state index is -0.879. The molecule has 2 N–H and O–H groups in total. The molecule has 0 saturated heterocycles. The summed E-state index contributed by atoms with van der Waals surface area (Å²) in [5.74, 6) is -0.913. The van der Waals surface area contributed by atoms with E-state index in [1.807, 2.05) is 27.7 Å². The minimum absolute atomic E-state index is 0.456. The number of aryl methyl sites for hydroxylation is 2. The lowest BCUT2D eigenvalue weighted by molar-refractivity contribution is -0.536. The Balaban J connectivity index is 1.93. The zero-order valence-corrected chi connectivity index (χ0v) is 15.5. The van der Waals surface area contributed by atoms with Crippen molar-refractivity contribution in [1.29, 1.82) is 0 Å². The quantitative estimate of drug-likeness (QED) is 0.901. The Bertz CT molecular complexity index is 684. The Hall–Kier alpha value is -1.52. The minimum Gasteiger partial charge on any atom is -0.851 e. The molecule has 0 unspecified atom stereocenters. The van der Waals surface area contributed by atoms with Crippen molar-refractivity contribution in [2.24, 2.45) is 0 Å². The van der Waals surface area contributed by atoms with Crippen molar-refractivity contribution >= 4 is 0 Å². The van der Waals surface area contributed by atoms with Gasteiger partial charge in [-0.15, -0.1) is 12.2 Å². The van der Waals surface area contributed by atoms with Gasteiger partial charge in [-0.3, -0.25) is 0 Å². The monoisotopic (exact) mass is 328 g/mol. The molecule has 0 radical (unpaired) electrons. The summed E-state index contributed by atoms with van der Waals surface area (Å²) in [6.07, 6.45) is 0.0870. The smallest absolute Gasteiger partial charge is 0.0192 e. The molecule has 0 aromatic carbocycles. The van der Waals surface area contributed by atoms with Gasteiger partial charge in [0.2, 0.25) is 0 Å². The largest absolute Gasteiger partial charge is 0.851 e. The van der Waals surface area contributed by atoms with Gasteiger partial charge in [0.15, 0.2) is 0 Å². The molecule has 132 valence electrons. The van der Waals surface area contributed by atoms with Crippen LogP contribution in [-0.2, 0) is 12.8 Å². The van der Waals surface area contributed by atoms with Crippen molar-refractivity contribution in [3.05, 3.63) is 45.0 Å². The fourth-order valence-corrected chi connectivity index (χ4v) is 4.69. The van der Waals surface area contributed by atoms with Gasteiger partial charge >= 0.3 is 0 Å². The summed E-state index contributed by atoms with van der Waals surface area (Å²) in [5.41, 5.74) is 8.62. The summed E-state index contributed by atoms with van der Waals surface area (Å²) in [7, 11) is 0. The predicted octanol–water partition coefficient (Wildman–Crippen LogP) is 2.04. The first kappa shape index (κ1) is 17.3. The van der Waals surface area contributed by atoms with Crippen LogP contribution in [-0.4, -0.2) is 22.2 Å². The molecular weight excluding hydrogens is 300 g/mol. The first-order valence-corrected chi connectivity index (χ1v) is 9.00. The zero-order valence-electron chi connectivity index (χ0n) is 15.5. The van der Waals surface area contributed by atoms with Crippen LogP contribution < -0.4 is 10.2 Å². The van der Waals surface area contributed by atoms with Crippen LogP contribution >= 0.6 is 0 Å². The molecule has 0 amide bonds. The highest BCUT2D eigenvalue weighted by Gasteiger charge is 2.41. The molecule has 1 saturated carbocycles. The first-order chi connectivity index (χ1) is 11.3. The molecule has 2 aromatic heterocycles. The Morgan fingerprint density at radius 3 is 1.29 bits per heavy atom. The second-order valence-corrected chi connectivity index (χ2v) is 7.22. The molecule has 1 aliphatic rings. The fourth-order valence-electron chi connectivity index (χ4n) is 4.69. The number of H-pyrrole nitrogens is 2. The Labute approximate surface area is 144 Å². The molecular formula is C20H28N2O2-2. The van der Waals surface area contributed by atoms with Crippen molar-refractivity contribution in [2.75, 3.05) is 0 Å². The maximum Gasteiger partial charge on any atom is 0.0192 e. The van der Waals surface area contributed by atoms with Crippen LogP contribution in [0.2, 0.25) is 0 Å². The van der Waals surface area contributed by atoms with E-state index in [1.54, 1.807) is 0 Å². The summed E-state index contributed by atoms with van der Waals surface area (Å²) >= 11 is 0. The zero-order chi connectivity index (χ0) is 17.8. The average molecular weight is 328 g/mol. The van der Waals surface area contributed by atoms with Gasteiger partial charge in [-0.25, -0.2) is 0 Å². The van der Waals surface area contributed by atoms with E-state index in [-0.39, 0.29) is 0 Å². The van der Waals surface area contributed by atoms with E-state index in [4.69, 9.17) is 0 Å². The van der Waals surface area contributed by atoms with Crippen molar-refractivity contribution in [3.63, 3.8) is 0 Å². The third-order valence-corrected chi connectivity index (χ3v) is 6.05. The van der Waals surface area contributed by atoms with Crippen molar-refractivity contribution in [2.45, 2.75) is 78.4 Å². The second kappa shape index (κ2) is 6.08. The van der Waals surface area contributed by atoms with Gasteiger partial charge in [0.05, 0.1) is 0 Å². The molecule has 24 heavy (non-hydrogen) atoms. The Morgan fingerprint density at radius 2 is 1.04 bits per heavy atom. The summed E-state index contributed by atoms with van der Waals surface area (Å²) < 4.78 is 0. The highest BCUT2D eigenvalue weighted by molar-refractivity contribution is 5.44. The third kappa shape index (κ3) is 2.27. The Kier molecular flexibility index (Phi) is 4.39. The highest BCUT2D eigenvalue weighted by Crippen LogP contribution is 2.47. The molecule has 4 nitrogen and oxygen atoms in total. The van der Waals surface area contributed by atoms with Gasteiger partial charge in [0.25, 0.3) is 0 Å². The van der Waals surface area contributed by atoms with Gasteiger partial charge in [-0.05, 0) is 74.6 Å². The molecule has 0 bridgehead atoms. The summed E-state index contributed by atoms with van der Waals surface area (Å²) in [4.78, 5) is 6.66. The Morgan fingerprint density at radius 1 is 0.708 bits per heavy atom. The third-order valence-electron chi connectivity index (χ3n) is 6.05.